The van der Waals surface area contributed by atoms with Crippen molar-refractivity contribution in [3.8, 4) is 0 Å². The maximum atomic E-state index is 10.7. The van der Waals surface area contributed by atoms with Gasteiger partial charge in [-0.05, 0) is 34.5 Å². The van der Waals surface area contributed by atoms with Crippen molar-refractivity contribution >= 4 is 21.6 Å². The van der Waals surface area contributed by atoms with Gasteiger partial charge in [0, 0.05) is 12.1 Å². The Hall–Kier alpha value is -0.980. The highest BCUT2D eigenvalue weighted by Crippen LogP contribution is 2.25. The number of nitrogens with zero attached hydrogens (tertiary/aromatic N) is 1. The zero-order chi connectivity index (χ0) is 12.1. The van der Waals surface area contributed by atoms with Crippen molar-refractivity contribution in [1.29, 1.82) is 0 Å². The van der Waals surface area contributed by atoms with Gasteiger partial charge in [-0.2, -0.15) is 0 Å². The molecule has 0 saturated carbocycles. The number of nitro benzene ring substituents is 1. The second kappa shape index (κ2) is 5.93. The molecule has 1 atom stereocenters. The molecule has 0 radical (unpaired) electrons. The van der Waals surface area contributed by atoms with Gasteiger partial charge in [-0.3, -0.25) is 10.1 Å². The first-order chi connectivity index (χ1) is 7.50. The third-order valence-corrected chi connectivity index (χ3v) is 2.53. The SMILES string of the molecule is C[C@@H](N)COCc1ccc(Br)c([N+](=O)[O-])c1. The van der Waals surface area contributed by atoms with Crippen LogP contribution in [0.4, 0.5) is 5.69 Å². The molecule has 0 fully saturated rings. The monoisotopic (exact) mass is 288 g/mol. The normalized spacial score (nSPS) is 12.4. The predicted molar refractivity (Wildman–Crippen MR) is 64.1 cm³/mol. The highest BCUT2D eigenvalue weighted by atomic mass is 79.9. The summed E-state index contributed by atoms with van der Waals surface area (Å²) in [6.45, 7) is 2.60. The van der Waals surface area contributed by atoms with Crippen LogP contribution in [-0.2, 0) is 11.3 Å². The molecule has 0 saturated heterocycles. The van der Waals surface area contributed by atoms with Crippen molar-refractivity contribution in [1.82, 2.24) is 0 Å². The largest absolute Gasteiger partial charge is 0.375 e. The summed E-state index contributed by atoms with van der Waals surface area (Å²) in [5, 5.41) is 10.7. The second-order valence-electron chi connectivity index (χ2n) is 3.54. The Kier molecular flexibility index (Phi) is 4.85. The average molecular weight is 289 g/mol. The van der Waals surface area contributed by atoms with E-state index in [0.29, 0.717) is 17.7 Å². The molecule has 1 rings (SSSR count). The van der Waals surface area contributed by atoms with Gasteiger partial charge in [0.05, 0.1) is 22.6 Å². The van der Waals surface area contributed by atoms with E-state index in [2.05, 4.69) is 15.9 Å². The van der Waals surface area contributed by atoms with Gasteiger partial charge in [0.1, 0.15) is 0 Å². The van der Waals surface area contributed by atoms with Crippen LogP contribution in [0.3, 0.4) is 0 Å². The number of nitro groups is 1. The maximum absolute atomic E-state index is 10.7. The van der Waals surface area contributed by atoms with Crippen molar-refractivity contribution in [3.05, 3.63) is 38.3 Å². The molecule has 5 nitrogen and oxygen atoms in total. The highest BCUT2D eigenvalue weighted by molar-refractivity contribution is 9.10. The number of rotatable bonds is 5. The molecule has 0 unspecified atom stereocenters. The van der Waals surface area contributed by atoms with Crippen LogP contribution in [0.1, 0.15) is 12.5 Å². The predicted octanol–water partition coefficient (Wildman–Crippen LogP) is 2.22. The number of hydrogen-bond donors (Lipinski definition) is 1. The fraction of sp³-hybridized carbons (Fsp3) is 0.400. The molecular formula is C10H13BrN2O3. The lowest BCUT2D eigenvalue weighted by molar-refractivity contribution is -0.385. The molecule has 0 aromatic heterocycles. The Labute approximate surface area is 102 Å². The van der Waals surface area contributed by atoms with E-state index in [-0.39, 0.29) is 11.7 Å². The maximum Gasteiger partial charge on any atom is 0.283 e. The van der Waals surface area contributed by atoms with Crippen molar-refractivity contribution in [2.75, 3.05) is 6.61 Å². The molecular weight excluding hydrogens is 276 g/mol. The quantitative estimate of drug-likeness (QED) is 0.666. The van der Waals surface area contributed by atoms with Crippen LogP contribution >= 0.6 is 15.9 Å². The standard InChI is InChI=1S/C10H13BrN2O3/c1-7(12)5-16-6-8-2-3-9(11)10(4-8)13(14)15/h2-4,7H,5-6,12H2,1H3/t7-/m1/s1. The number of nitrogens with two attached hydrogens (primary N) is 1. The van der Waals surface area contributed by atoms with Gasteiger partial charge in [0.2, 0.25) is 0 Å². The van der Waals surface area contributed by atoms with Crippen LogP contribution in [0.2, 0.25) is 0 Å². The Bertz CT molecular complexity index is 382. The lowest BCUT2D eigenvalue weighted by atomic mass is 10.2. The third kappa shape index (κ3) is 3.88. The molecule has 0 bridgehead atoms. The molecule has 0 spiro atoms. The Balaban J connectivity index is 2.68. The summed E-state index contributed by atoms with van der Waals surface area (Å²) in [6, 6.07) is 4.87. The molecule has 2 N–H and O–H groups in total. The molecule has 16 heavy (non-hydrogen) atoms. The Morgan fingerprint density at radius 3 is 2.88 bits per heavy atom. The summed E-state index contributed by atoms with van der Waals surface area (Å²) in [5.41, 5.74) is 6.32. The minimum atomic E-state index is -0.431. The lowest BCUT2D eigenvalue weighted by Gasteiger charge is -2.07. The molecule has 0 amide bonds. The smallest absolute Gasteiger partial charge is 0.283 e. The van der Waals surface area contributed by atoms with Gasteiger partial charge in [-0.25, -0.2) is 0 Å². The topological polar surface area (TPSA) is 78.4 Å². The summed E-state index contributed by atoms with van der Waals surface area (Å²) in [7, 11) is 0. The number of halogens is 1. The summed E-state index contributed by atoms with van der Waals surface area (Å²) < 4.78 is 5.76. The van der Waals surface area contributed by atoms with E-state index < -0.39 is 4.92 Å². The number of hydrogen-bond acceptors (Lipinski definition) is 4. The number of ether oxygens (including phenoxy) is 1. The van der Waals surface area contributed by atoms with Crippen LogP contribution in [0, 0.1) is 10.1 Å². The van der Waals surface area contributed by atoms with Crippen LogP contribution in [0.5, 0.6) is 0 Å². The minimum Gasteiger partial charge on any atom is -0.375 e. The summed E-state index contributed by atoms with van der Waals surface area (Å²) >= 11 is 3.12. The van der Waals surface area contributed by atoms with E-state index in [4.69, 9.17) is 10.5 Å². The first kappa shape index (κ1) is 13.1. The molecule has 0 aliphatic carbocycles. The fourth-order valence-electron chi connectivity index (χ4n) is 1.15. The van der Waals surface area contributed by atoms with E-state index in [1.165, 1.54) is 6.07 Å². The van der Waals surface area contributed by atoms with Crippen LogP contribution in [0.15, 0.2) is 22.7 Å². The average Bonchev–Trinajstić information content (AvgIpc) is 2.19. The third-order valence-electron chi connectivity index (χ3n) is 1.86. The first-order valence-corrected chi connectivity index (χ1v) is 5.56. The zero-order valence-corrected chi connectivity index (χ0v) is 10.4. The first-order valence-electron chi connectivity index (χ1n) is 4.77. The fourth-order valence-corrected chi connectivity index (χ4v) is 1.54. The van der Waals surface area contributed by atoms with Gasteiger partial charge in [0.25, 0.3) is 5.69 Å². The molecule has 88 valence electrons. The molecule has 0 aliphatic rings. The van der Waals surface area contributed by atoms with Gasteiger partial charge in [-0.15, -0.1) is 0 Å². The van der Waals surface area contributed by atoms with Crippen molar-refractivity contribution in [3.63, 3.8) is 0 Å². The van der Waals surface area contributed by atoms with Crippen LogP contribution in [0.25, 0.3) is 0 Å². The van der Waals surface area contributed by atoms with Crippen LogP contribution in [-0.4, -0.2) is 17.6 Å². The van der Waals surface area contributed by atoms with E-state index in [1.54, 1.807) is 12.1 Å². The summed E-state index contributed by atoms with van der Waals surface area (Å²) in [4.78, 5) is 10.2. The lowest BCUT2D eigenvalue weighted by Crippen LogP contribution is -2.21. The van der Waals surface area contributed by atoms with Gasteiger partial charge in [-0.1, -0.05) is 6.07 Å². The van der Waals surface area contributed by atoms with Crippen molar-refractivity contribution < 1.29 is 9.66 Å². The van der Waals surface area contributed by atoms with Crippen LogP contribution < -0.4 is 5.73 Å². The minimum absolute atomic E-state index is 0.0366. The van der Waals surface area contributed by atoms with Gasteiger partial charge >= 0.3 is 0 Å². The Morgan fingerprint density at radius 2 is 2.31 bits per heavy atom. The molecule has 1 aromatic carbocycles. The Morgan fingerprint density at radius 1 is 1.62 bits per heavy atom. The van der Waals surface area contributed by atoms with Gasteiger partial charge in [0.15, 0.2) is 0 Å². The molecule has 6 heteroatoms. The summed E-state index contributed by atoms with van der Waals surface area (Å²) in [6.07, 6.45) is 0. The summed E-state index contributed by atoms with van der Waals surface area (Å²) in [5.74, 6) is 0. The molecule has 1 aromatic rings. The van der Waals surface area contributed by atoms with Gasteiger partial charge < -0.3 is 10.5 Å². The van der Waals surface area contributed by atoms with E-state index in [1.807, 2.05) is 6.92 Å². The second-order valence-corrected chi connectivity index (χ2v) is 4.39. The van der Waals surface area contributed by atoms with Crippen molar-refractivity contribution in [2.45, 2.75) is 19.6 Å². The van der Waals surface area contributed by atoms with E-state index in [9.17, 15) is 10.1 Å². The van der Waals surface area contributed by atoms with Crippen molar-refractivity contribution in [2.24, 2.45) is 5.73 Å². The highest BCUT2D eigenvalue weighted by Gasteiger charge is 2.12. The van der Waals surface area contributed by atoms with E-state index in [0.717, 1.165) is 5.56 Å². The molecule has 0 aliphatic heterocycles. The zero-order valence-electron chi connectivity index (χ0n) is 8.85. The number of benzene rings is 1. The van der Waals surface area contributed by atoms with E-state index >= 15 is 0 Å². The molecule has 0 heterocycles.